The lowest BCUT2D eigenvalue weighted by Gasteiger charge is -2.19. The molecule has 5 heteroatoms. The maximum absolute atomic E-state index is 12.0. The van der Waals surface area contributed by atoms with Gasteiger partial charge < -0.3 is 11.1 Å². The molecule has 1 atom stereocenters. The number of hydrogen-bond donors (Lipinski definition) is 2. The minimum atomic E-state index is -0.651. The van der Waals surface area contributed by atoms with Crippen LogP contribution in [0.5, 0.6) is 0 Å². The maximum atomic E-state index is 12.0. The summed E-state index contributed by atoms with van der Waals surface area (Å²) in [5.41, 5.74) is 6.73. The summed E-state index contributed by atoms with van der Waals surface area (Å²) in [6.07, 6.45) is 0. The first kappa shape index (κ1) is 14.7. The van der Waals surface area contributed by atoms with E-state index in [1.165, 1.54) is 0 Å². The van der Waals surface area contributed by atoms with E-state index in [-0.39, 0.29) is 11.8 Å². The summed E-state index contributed by atoms with van der Waals surface area (Å²) in [4.78, 5) is 23.2. The molecule has 98 valence electrons. The van der Waals surface area contributed by atoms with Gasteiger partial charge in [0.25, 0.3) is 5.91 Å². The maximum Gasteiger partial charge on any atom is 0.251 e. The molecule has 0 saturated carbocycles. The topological polar surface area (TPSA) is 72.2 Å². The largest absolute Gasteiger partial charge is 0.368 e. The van der Waals surface area contributed by atoms with Crippen molar-refractivity contribution in [2.75, 3.05) is 0 Å². The Kier molecular flexibility index (Phi) is 4.90. The van der Waals surface area contributed by atoms with Crippen LogP contribution in [0.4, 0.5) is 0 Å². The van der Waals surface area contributed by atoms with E-state index in [2.05, 4.69) is 21.2 Å². The van der Waals surface area contributed by atoms with E-state index in [9.17, 15) is 9.59 Å². The number of primary amides is 1. The third-order valence-electron chi connectivity index (χ3n) is 2.68. The van der Waals surface area contributed by atoms with Crippen LogP contribution in [0.2, 0.25) is 0 Å². The molecular formula is C13H17BrN2O2. The first-order valence-electron chi connectivity index (χ1n) is 5.69. The van der Waals surface area contributed by atoms with Crippen LogP contribution in [0.25, 0.3) is 0 Å². The SMILES string of the molecule is Cc1cc(C(=O)NC(C(N)=O)C(C)C)ccc1Br. The molecule has 4 nitrogen and oxygen atoms in total. The molecule has 18 heavy (non-hydrogen) atoms. The second-order valence-electron chi connectivity index (χ2n) is 4.56. The fourth-order valence-electron chi connectivity index (χ4n) is 1.58. The fraction of sp³-hybridized carbons (Fsp3) is 0.385. The summed E-state index contributed by atoms with van der Waals surface area (Å²) in [5, 5.41) is 2.65. The lowest BCUT2D eigenvalue weighted by molar-refractivity contribution is -0.120. The Labute approximate surface area is 115 Å². The van der Waals surface area contributed by atoms with Gasteiger partial charge in [0.2, 0.25) is 5.91 Å². The van der Waals surface area contributed by atoms with Gasteiger partial charge in [-0.05, 0) is 36.6 Å². The molecule has 1 aromatic rings. The highest BCUT2D eigenvalue weighted by Crippen LogP contribution is 2.17. The molecular weight excluding hydrogens is 296 g/mol. The van der Waals surface area contributed by atoms with E-state index < -0.39 is 11.9 Å². The highest BCUT2D eigenvalue weighted by Gasteiger charge is 2.22. The number of nitrogens with two attached hydrogens (primary N) is 1. The molecule has 0 radical (unpaired) electrons. The van der Waals surface area contributed by atoms with Gasteiger partial charge in [-0.3, -0.25) is 9.59 Å². The van der Waals surface area contributed by atoms with E-state index in [4.69, 9.17) is 5.73 Å². The van der Waals surface area contributed by atoms with E-state index >= 15 is 0 Å². The summed E-state index contributed by atoms with van der Waals surface area (Å²) < 4.78 is 0.939. The number of nitrogens with one attached hydrogen (secondary N) is 1. The third-order valence-corrected chi connectivity index (χ3v) is 3.57. The lowest BCUT2D eigenvalue weighted by Crippen LogP contribution is -2.47. The molecule has 0 aliphatic rings. The second kappa shape index (κ2) is 6.00. The van der Waals surface area contributed by atoms with Crippen LogP contribution in [0.15, 0.2) is 22.7 Å². The predicted molar refractivity (Wildman–Crippen MR) is 74.2 cm³/mol. The summed E-state index contributed by atoms with van der Waals surface area (Å²) in [6, 6.07) is 4.61. The van der Waals surface area contributed by atoms with Crippen LogP contribution in [0.3, 0.4) is 0 Å². The first-order chi connectivity index (χ1) is 8.32. The normalized spacial score (nSPS) is 12.3. The van der Waals surface area contributed by atoms with Crippen LogP contribution in [0.1, 0.15) is 29.8 Å². The predicted octanol–water partition coefficient (Wildman–Crippen LogP) is 2.00. The molecule has 0 aromatic heterocycles. The Balaban J connectivity index is 2.87. The van der Waals surface area contributed by atoms with Crippen LogP contribution in [-0.2, 0) is 4.79 Å². The van der Waals surface area contributed by atoms with Gasteiger partial charge in [-0.1, -0.05) is 29.8 Å². The van der Waals surface area contributed by atoms with Crippen molar-refractivity contribution in [3.63, 3.8) is 0 Å². The van der Waals surface area contributed by atoms with Crippen molar-refractivity contribution in [2.24, 2.45) is 11.7 Å². The van der Waals surface area contributed by atoms with E-state index in [0.717, 1.165) is 10.0 Å². The summed E-state index contributed by atoms with van der Waals surface area (Å²) in [7, 11) is 0. The zero-order valence-corrected chi connectivity index (χ0v) is 12.2. The summed E-state index contributed by atoms with van der Waals surface area (Å²) in [5.74, 6) is -0.849. The van der Waals surface area contributed by atoms with Crippen molar-refractivity contribution in [3.8, 4) is 0 Å². The minimum Gasteiger partial charge on any atom is -0.368 e. The molecule has 0 aliphatic carbocycles. The smallest absolute Gasteiger partial charge is 0.251 e. The number of carbonyl (C=O) groups is 2. The van der Waals surface area contributed by atoms with Gasteiger partial charge in [0, 0.05) is 10.0 Å². The van der Waals surface area contributed by atoms with Gasteiger partial charge >= 0.3 is 0 Å². The minimum absolute atomic E-state index is 0.0389. The number of amides is 2. The van der Waals surface area contributed by atoms with Crippen molar-refractivity contribution < 1.29 is 9.59 Å². The summed E-state index contributed by atoms with van der Waals surface area (Å²) in [6.45, 7) is 5.57. The van der Waals surface area contributed by atoms with E-state index in [1.54, 1.807) is 18.2 Å². The Morgan fingerprint density at radius 1 is 1.33 bits per heavy atom. The number of halogens is 1. The third kappa shape index (κ3) is 3.57. The molecule has 0 aliphatic heterocycles. The Morgan fingerprint density at radius 2 is 1.94 bits per heavy atom. The average Bonchev–Trinajstić information content (AvgIpc) is 2.28. The van der Waals surface area contributed by atoms with Gasteiger partial charge in [0.05, 0.1) is 0 Å². The highest BCUT2D eigenvalue weighted by molar-refractivity contribution is 9.10. The Hall–Kier alpha value is -1.36. The van der Waals surface area contributed by atoms with Crippen LogP contribution >= 0.6 is 15.9 Å². The van der Waals surface area contributed by atoms with Crippen molar-refractivity contribution in [3.05, 3.63) is 33.8 Å². The first-order valence-corrected chi connectivity index (χ1v) is 6.48. The van der Waals surface area contributed by atoms with Crippen molar-refractivity contribution in [1.29, 1.82) is 0 Å². The molecule has 0 saturated heterocycles. The van der Waals surface area contributed by atoms with Crippen molar-refractivity contribution in [2.45, 2.75) is 26.8 Å². The molecule has 1 aromatic carbocycles. The quantitative estimate of drug-likeness (QED) is 0.892. The van der Waals surface area contributed by atoms with Crippen LogP contribution < -0.4 is 11.1 Å². The van der Waals surface area contributed by atoms with Crippen molar-refractivity contribution >= 4 is 27.7 Å². The zero-order valence-electron chi connectivity index (χ0n) is 10.7. The van der Waals surface area contributed by atoms with Crippen molar-refractivity contribution in [1.82, 2.24) is 5.32 Å². The number of carbonyl (C=O) groups excluding carboxylic acids is 2. The Bertz CT molecular complexity index is 472. The molecule has 2 amide bonds. The highest BCUT2D eigenvalue weighted by atomic mass is 79.9. The lowest BCUT2D eigenvalue weighted by atomic mass is 10.0. The number of benzene rings is 1. The van der Waals surface area contributed by atoms with Crippen LogP contribution in [0, 0.1) is 12.8 Å². The molecule has 0 bridgehead atoms. The van der Waals surface area contributed by atoms with Gasteiger partial charge in [0.1, 0.15) is 6.04 Å². The Morgan fingerprint density at radius 3 is 2.39 bits per heavy atom. The van der Waals surface area contributed by atoms with Gasteiger partial charge in [0.15, 0.2) is 0 Å². The average molecular weight is 313 g/mol. The number of hydrogen-bond acceptors (Lipinski definition) is 2. The molecule has 3 N–H and O–H groups in total. The molecule has 0 heterocycles. The fourth-order valence-corrected chi connectivity index (χ4v) is 1.82. The van der Waals surface area contributed by atoms with E-state index in [1.807, 2.05) is 20.8 Å². The molecule has 0 spiro atoms. The number of rotatable bonds is 4. The monoisotopic (exact) mass is 312 g/mol. The number of aryl methyl sites for hydroxylation is 1. The molecule has 1 rings (SSSR count). The second-order valence-corrected chi connectivity index (χ2v) is 5.42. The standard InChI is InChI=1S/C13H17BrN2O2/c1-7(2)11(12(15)17)16-13(18)9-4-5-10(14)8(3)6-9/h4-7,11H,1-3H3,(H2,15,17)(H,16,18). The summed E-state index contributed by atoms with van der Waals surface area (Å²) >= 11 is 3.37. The van der Waals surface area contributed by atoms with Gasteiger partial charge in [-0.2, -0.15) is 0 Å². The molecule has 0 fully saturated rings. The molecule has 1 unspecified atom stereocenters. The van der Waals surface area contributed by atoms with Gasteiger partial charge in [-0.15, -0.1) is 0 Å². The van der Waals surface area contributed by atoms with Gasteiger partial charge in [-0.25, -0.2) is 0 Å². The van der Waals surface area contributed by atoms with Crippen LogP contribution in [-0.4, -0.2) is 17.9 Å². The zero-order chi connectivity index (χ0) is 13.9. The van der Waals surface area contributed by atoms with E-state index in [0.29, 0.717) is 5.56 Å².